The van der Waals surface area contributed by atoms with Crippen molar-refractivity contribution in [1.29, 1.82) is 0 Å². The van der Waals surface area contributed by atoms with Crippen LogP contribution < -0.4 is 15.4 Å². The number of sulfone groups is 1. The lowest BCUT2D eigenvalue weighted by atomic mass is 10.2. The molecular formula is C14H20N2O4S. The van der Waals surface area contributed by atoms with Gasteiger partial charge in [0.15, 0.2) is 9.84 Å². The highest BCUT2D eigenvalue weighted by atomic mass is 32.2. The molecule has 6 nitrogen and oxygen atoms in total. The molecule has 1 fully saturated rings. The molecule has 0 saturated carbocycles. The van der Waals surface area contributed by atoms with Gasteiger partial charge in [-0.3, -0.25) is 4.79 Å². The van der Waals surface area contributed by atoms with Crippen LogP contribution in [0.4, 0.5) is 5.69 Å². The summed E-state index contributed by atoms with van der Waals surface area (Å²) >= 11 is 0. The zero-order valence-electron chi connectivity index (χ0n) is 12.0. The predicted molar refractivity (Wildman–Crippen MR) is 81.3 cm³/mol. The Hall–Kier alpha value is -1.60. The van der Waals surface area contributed by atoms with Crippen LogP contribution in [0.15, 0.2) is 24.3 Å². The highest BCUT2D eigenvalue weighted by molar-refractivity contribution is 7.92. The highest BCUT2D eigenvalue weighted by Gasteiger charge is 2.29. The molecule has 0 spiro atoms. The Morgan fingerprint density at radius 3 is 2.67 bits per heavy atom. The van der Waals surface area contributed by atoms with Gasteiger partial charge in [-0.05, 0) is 43.7 Å². The number of hydrogen-bond acceptors (Lipinski definition) is 5. The maximum Gasteiger partial charge on any atom is 0.239 e. The topological polar surface area (TPSA) is 84.5 Å². The smallest absolute Gasteiger partial charge is 0.239 e. The molecule has 1 unspecified atom stereocenters. The van der Waals surface area contributed by atoms with Gasteiger partial charge >= 0.3 is 0 Å². The van der Waals surface area contributed by atoms with Gasteiger partial charge in [0.2, 0.25) is 5.91 Å². The van der Waals surface area contributed by atoms with Crippen molar-refractivity contribution in [2.75, 3.05) is 31.3 Å². The van der Waals surface area contributed by atoms with E-state index in [4.69, 9.17) is 4.74 Å². The number of anilines is 1. The summed E-state index contributed by atoms with van der Waals surface area (Å²) in [7, 11) is -1.86. The van der Waals surface area contributed by atoms with Gasteiger partial charge in [0, 0.05) is 12.2 Å². The minimum absolute atomic E-state index is 0.429. The van der Waals surface area contributed by atoms with Crippen molar-refractivity contribution in [3.63, 3.8) is 0 Å². The monoisotopic (exact) mass is 312 g/mol. The number of amides is 1. The summed E-state index contributed by atoms with van der Waals surface area (Å²) in [6, 6.07) is 6.75. The van der Waals surface area contributed by atoms with Gasteiger partial charge in [-0.25, -0.2) is 8.42 Å². The van der Waals surface area contributed by atoms with Crippen LogP contribution in [-0.2, 0) is 14.6 Å². The molecule has 1 aromatic rings. The van der Waals surface area contributed by atoms with Crippen LogP contribution in [0.3, 0.4) is 0 Å². The molecule has 1 aliphatic heterocycles. The summed E-state index contributed by atoms with van der Waals surface area (Å²) < 4.78 is 29.4. The van der Waals surface area contributed by atoms with Crippen LogP contribution in [-0.4, -0.2) is 45.5 Å². The normalized spacial score (nSPS) is 19.0. The molecule has 1 saturated heterocycles. The molecule has 0 bridgehead atoms. The molecule has 2 rings (SSSR count). The fourth-order valence-corrected chi connectivity index (χ4v) is 3.87. The molecule has 1 aliphatic rings. The van der Waals surface area contributed by atoms with Gasteiger partial charge in [0.05, 0.1) is 12.4 Å². The second kappa shape index (κ2) is 6.91. The summed E-state index contributed by atoms with van der Waals surface area (Å²) in [5, 5.41) is 5.18. The second-order valence-electron chi connectivity index (χ2n) is 5.05. The zero-order chi connectivity index (χ0) is 15.3. The summed E-state index contributed by atoms with van der Waals surface area (Å²) in [4.78, 5) is 11.9. The maximum atomic E-state index is 12.2. The van der Waals surface area contributed by atoms with E-state index < -0.39 is 26.7 Å². The van der Waals surface area contributed by atoms with E-state index in [2.05, 4.69) is 10.6 Å². The molecule has 116 valence electrons. The fraction of sp³-hybridized carbons (Fsp3) is 0.500. The Morgan fingerprint density at radius 1 is 1.38 bits per heavy atom. The summed E-state index contributed by atoms with van der Waals surface area (Å²) in [5.74, 6) is -0.314. The molecule has 21 heavy (non-hydrogen) atoms. The molecule has 1 heterocycles. The fourth-order valence-electron chi connectivity index (χ4n) is 2.30. The Bertz CT molecular complexity index is 577. The number of ether oxygens (including phenoxy) is 1. The molecule has 2 N–H and O–H groups in total. The number of piperidine rings is 1. The lowest BCUT2D eigenvalue weighted by molar-refractivity contribution is -0.113. The van der Waals surface area contributed by atoms with E-state index in [0.717, 1.165) is 13.0 Å². The maximum absolute atomic E-state index is 12.2. The van der Waals surface area contributed by atoms with Gasteiger partial charge in [-0.15, -0.1) is 0 Å². The SMILES string of the molecule is COc1ccc(NC(=O)CS(=O)(=O)C2CCCNC2)cc1. The van der Waals surface area contributed by atoms with Crippen LogP contribution in [0.1, 0.15) is 12.8 Å². The van der Waals surface area contributed by atoms with E-state index in [1.165, 1.54) is 0 Å². The van der Waals surface area contributed by atoms with Crippen LogP contribution >= 0.6 is 0 Å². The first-order valence-electron chi connectivity index (χ1n) is 6.87. The van der Waals surface area contributed by atoms with Crippen LogP contribution in [0.2, 0.25) is 0 Å². The molecule has 1 aromatic carbocycles. The molecular weight excluding hydrogens is 292 g/mol. The summed E-state index contributed by atoms with van der Waals surface area (Å²) in [6.45, 7) is 1.27. The molecule has 1 amide bonds. The number of hydrogen-bond donors (Lipinski definition) is 2. The highest BCUT2D eigenvalue weighted by Crippen LogP contribution is 2.16. The largest absolute Gasteiger partial charge is 0.497 e. The van der Waals surface area contributed by atoms with Gasteiger partial charge in [0.25, 0.3) is 0 Å². The van der Waals surface area contributed by atoms with Crippen molar-refractivity contribution in [2.45, 2.75) is 18.1 Å². The third-order valence-electron chi connectivity index (χ3n) is 3.47. The van der Waals surface area contributed by atoms with Gasteiger partial charge in [-0.1, -0.05) is 0 Å². The lowest BCUT2D eigenvalue weighted by Gasteiger charge is -2.22. The van der Waals surface area contributed by atoms with Crippen molar-refractivity contribution in [3.05, 3.63) is 24.3 Å². The number of rotatable bonds is 5. The van der Waals surface area contributed by atoms with E-state index in [-0.39, 0.29) is 0 Å². The lowest BCUT2D eigenvalue weighted by Crippen LogP contribution is -2.41. The van der Waals surface area contributed by atoms with E-state index >= 15 is 0 Å². The Labute approximate surface area is 124 Å². The van der Waals surface area contributed by atoms with Crippen LogP contribution in [0.5, 0.6) is 5.75 Å². The van der Waals surface area contributed by atoms with E-state index in [1.807, 2.05) is 0 Å². The van der Waals surface area contributed by atoms with Gasteiger partial charge < -0.3 is 15.4 Å². The number of benzene rings is 1. The van der Waals surface area contributed by atoms with Gasteiger partial charge in [0.1, 0.15) is 11.5 Å². The van der Waals surface area contributed by atoms with E-state index in [1.54, 1.807) is 31.4 Å². The minimum atomic E-state index is -3.41. The van der Waals surface area contributed by atoms with E-state index in [0.29, 0.717) is 24.4 Å². The number of carbonyl (C=O) groups excluding carboxylic acids is 1. The summed E-state index contributed by atoms with van der Waals surface area (Å²) in [5.41, 5.74) is 0.553. The third kappa shape index (κ3) is 4.44. The number of carbonyl (C=O) groups is 1. The quantitative estimate of drug-likeness (QED) is 0.840. The molecule has 0 aromatic heterocycles. The van der Waals surface area contributed by atoms with Crippen LogP contribution in [0.25, 0.3) is 0 Å². The number of nitrogens with one attached hydrogen (secondary N) is 2. The first-order valence-corrected chi connectivity index (χ1v) is 8.59. The molecule has 0 radical (unpaired) electrons. The van der Waals surface area contributed by atoms with Crippen molar-refractivity contribution in [3.8, 4) is 5.75 Å². The Kier molecular flexibility index (Phi) is 5.19. The van der Waals surface area contributed by atoms with Crippen molar-refractivity contribution in [2.24, 2.45) is 0 Å². The third-order valence-corrected chi connectivity index (χ3v) is 5.55. The average molecular weight is 312 g/mol. The minimum Gasteiger partial charge on any atom is -0.497 e. The summed E-state index contributed by atoms with van der Waals surface area (Å²) in [6.07, 6.45) is 1.44. The second-order valence-corrected chi connectivity index (χ2v) is 7.33. The van der Waals surface area contributed by atoms with Crippen molar-refractivity contribution < 1.29 is 17.9 Å². The number of methoxy groups -OCH3 is 1. The standard InChI is InChI=1S/C14H20N2O4S/c1-20-12-6-4-11(5-7-12)16-14(17)10-21(18,19)13-3-2-8-15-9-13/h4-7,13,15H,2-3,8-10H2,1H3,(H,16,17). The van der Waals surface area contributed by atoms with Crippen molar-refractivity contribution in [1.82, 2.24) is 5.32 Å². The molecule has 7 heteroatoms. The Morgan fingerprint density at radius 2 is 2.10 bits per heavy atom. The van der Waals surface area contributed by atoms with Crippen LogP contribution in [0, 0.1) is 0 Å². The zero-order valence-corrected chi connectivity index (χ0v) is 12.8. The molecule has 1 atom stereocenters. The van der Waals surface area contributed by atoms with Gasteiger partial charge in [-0.2, -0.15) is 0 Å². The molecule has 0 aliphatic carbocycles. The average Bonchev–Trinajstić information content (AvgIpc) is 2.48. The predicted octanol–water partition coefficient (Wildman–Crippen LogP) is 0.800. The Balaban J connectivity index is 1.93. The van der Waals surface area contributed by atoms with Crippen molar-refractivity contribution >= 4 is 21.4 Å². The van der Waals surface area contributed by atoms with E-state index in [9.17, 15) is 13.2 Å². The first-order chi connectivity index (χ1) is 10.0. The first kappa shape index (κ1) is 15.8.